The highest BCUT2D eigenvalue weighted by Crippen LogP contribution is 2.12. The molecule has 0 spiro atoms. The molecule has 7 nitrogen and oxygen atoms in total. The summed E-state index contributed by atoms with van der Waals surface area (Å²) in [7, 11) is 0. The number of aliphatic carboxylic acids is 1. The van der Waals surface area contributed by atoms with Gasteiger partial charge in [-0.05, 0) is 41.7 Å². The van der Waals surface area contributed by atoms with E-state index in [2.05, 4.69) is 10.6 Å². The zero-order chi connectivity index (χ0) is 25.2. The summed E-state index contributed by atoms with van der Waals surface area (Å²) >= 11 is 0. The fourth-order valence-corrected chi connectivity index (χ4v) is 3.60. The molecule has 182 valence electrons. The van der Waals surface area contributed by atoms with E-state index in [1.165, 1.54) is 0 Å². The maximum atomic E-state index is 13.1. The number of hydrogen-bond donors (Lipinski definition) is 3. The molecule has 0 saturated heterocycles. The van der Waals surface area contributed by atoms with Gasteiger partial charge in [0.2, 0.25) is 5.91 Å². The number of rotatable bonds is 10. The van der Waals surface area contributed by atoms with Crippen molar-refractivity contribution in [1.82, 2.24) is 10.6 Å². The van der Waals surface area contributed by atoms with Crippen LogP contribution in [0, 0.1) is 13.8 Å². The lowest BCUT2D eigenvalue weighted by molar-refractivity contribution is -0.142. The van der Waals surface area contributed by atoms with Gasteiger partial charge in [0.1, 0.15) is 18.7 Å². The predicted molar refractivity (Wildman–Crippen MR) is 133 cm³/mol. The Hall–Kier alpha value is -4.13. The van der Waals surface area contributed by atoms with Gasteiger partial charge in [-0.3, -0.25) is 4.79 Å². The van der Waals surface area contributed by atoms with E-state index in [1.807, 2.05) is 92.7 Å². The number of carbonyl (C=O) groups excluding carboxylic acids is 2. The van der Waals surface area contributed by atoms with E-state index in [0.717, 1.165) is 27.8 Å². The Kier molecular flexibility index (Phi) is 9.01. The van der Waals surface area contributed by atoms with E-state index in [1.54, 1.807) is 0 Å². The average Bonchev–Trinajstić information content (AvgIpc) is 2.85. The van der Waals surface area contributed by atoms with Crippen LogP contribution in [-0.2, 0) is 33.8 Å². The first kappa shape index (κ1) is 25.5. The van der Waals surface area contributed by atoms with Crippen LogP contribution in [0.3, 0.4) is 0 Å². The van der Waals surface area contributed by atoms with E-state index >= 15 is 0 Å². The van der Waals surface area contributed by atoms with E-state index in [4.69, 9.17) is 4.74 Å². The molecule has 2 atom stereocenters. The number of nitrogens with one attached hydrogen (secondary N) is 2. The van der Waals surface area contributed by atoms with Gasteiger partial charge in [-0.15, -0.1) is 0 Å². The first-order valence-electron chi connectivity index (χ1n) is 11.4. The van der Waals surface area contributed by atoms with Crippen molar-refractivity contribution in [2.24, 2.45) is 0 Å². The highest BCUT2D eigenvalue weighted by molar-refractivity contribution is 5.89. The Morgan fingerprint density at radius 3 is 1.94 bits per heavy atom. The summed E-state index contributed by atoms with van der Waals surface area (Å²) in [6, 6.07) is 21.9. The highest BCUT2D eigenvalue weighted by Gasteiger charge is 2.27. The van der Waals surface area contributed by atoms with Gasteiger partial charge in [0, 0.05) is 12.8 Å². The molecule has 2 amide bonds. The number of alkyl carbamates (subject to hydrolysis) is 1. The second-order valence-corrected chi connectivity index (χ2v) is 8.47. The Morgan fingerprint density at radius 2 is 1.34 bits per heavy atom. The van der Waals surface area contributed by atoms with Crippen molar-refractivity contribution in [2.45, 2.75) is 45.4 Å². The molecular weight excluding hydrogens is 444 g/mol. The van der Waals surface area contributed by atoms with Gasteiger partial charge in [-0.2, -0.15) is 0 Å². The second-order valence-electron chi connectivity index (χ2n) is 8.47. The number of carbonyl (C=O) groups is 3. The molecule has 7 heteroatoms. The maximum absolute atomic E-state index is 13.1. The van der Waals surface area contributed by atoms with Gasteiger partial charge in [0.25, 0.3) is 0 Å². The minimum atomic E-state index is -1.15. The molecule has 0 bridgehead atoms. The molecule has 0 fully saturated rings. The van der Waals surface area contributed by atoms with Crippen LogP contribution in [-0.4, -0.2) is 35.2 Å². The normalized spacial score (nSPS) is 12.3. The van der Waals surface area contributed by atoms with Crippen LogP contribution in [0.4, 0.5) is 4.79 Å². The number of carboxylic acid groups (broad SMARTS) is 1. The zero-order valence-electron chi connectivity index (χ0n) is 19.9. The van der Waals surface area contributed by atoms with Crippen molar-refractivity contribution in [3.8, 4) is 0 Å². The molecule has 3 aromatic rings. The lowest BCUT2D eigenvalue weighted by atomic mass is 10.00. The monoisotopic (exact) mass is 474 g/mol. The molecule has 3 N–H and O–H groups in total. The predicted octanol–water partition coefficient (Wildman–Crippen LogP) is 3.95. The van der Waals surface area contributed by atoms with E-state index < -0.39 is 30.1 Å². The zero-order valence-corrected chi connectivity index (χ0v) is 19.9. The molecular formula is C28H30N2O5. The van der Waals surface area contributed by atoms with Gasteiger partial charge in [0.15, 0.2) is 0 Å². The molecule has 0 radical (unpaired) electrons. The number of ether oxygens (including phenoxy) is 1. The minimum Gasteiger partial charge on any atom is -0.480 e. The van der Waals surface area contributed by atoms with Gasteiger partial charge < -0.3 is 20.5 Å². The fraction of sp³-hybridized carbons (Fsp3) is 0.250. The van der Waals surface area contributed by atoms with Crippen LogP contribution in [0.1, 0.15) is 27.8 Å². The van der Waals surface area contributed by atoms with E-state index in [-0.39, 0.29) is 19.4 Å². The van der Waals surface area contributed by atoms with Gasteiger partial charge >= 0.3 is 12.1 Å². The first-order valence-corrected chi connectivity index (χ1v) is 11.4. The Morgan fingerprint density at radius 1 is 0.743 bits per heavy atom. The standard InChI is InChI=1S/C28H30N2O5/c1-19-13-14-23(15-20(19)2)17-25(27(32)33)29-26(31)24(16-21-9-5-3-6-10-21)30-28(34)35-18-22-11-7-4-8-12-22/h3-15,24-25H,16-18H2,1-2H3,(H,29,31)(H,30,34)(H,32,33)/t24-,25+/m0/s1. The third kappa shape index (κ3) is 7.99. The van der Waals surface area contributed by atoms with Crippen molar-refractivity contribution in [3.63, 3.8) is 0 Å². The highest BCUT2D eigenvalue weighted by atomic mass is 16.5. The molecule has 0 aromatic heterocycles. The topological polar surface area (TPSA) is 105 Å². The molecule has 0 heterocycles. The SMILES string of the molecule is Cc1ccc(C[C@@H](NC(=O)[C@H](Cc2ccccc2)NC(=O)OCc2ccccc2)C(=O)O)cc1C. The van der Waals surface area contributed by atoms with Crippen LogP contribution in [0.5, 0.6) is 0 Å². The van der Waals surface area contributed by atoms with Gasteiger partial charge in [-0.1, -0.05) is 78.9 Å². The van der Waals surface area contributed by atoms with Crippen molar-refractivity contribution in [3.05, 3.63) is 107 Å². The third-order valence-electron chi connectivity index (χ3n) is 5.73. The molecule has 3 aromatic carbocycles. The van der Waals surface area contributed by atoms with Crippen molar-refractivity contribution in [2.75, 3.05) is 0 Å². The summed E-state index contributed by atoms with van der Waals surface area (Å²) in [5.41, 5.74) is 4.58. The second kappa shape index (κ2) is 12.4. The quantitative estimate of drug-likeness (QED) is 0.413. The van der Waals surface area contributed by atoms with Crippen molar-refractivity contribution in [1.29, 1.82) is 0 Å². The van der Waals surface area contributed by atoms with Gasteiger partial charge in [0.05, 0.1) is 0 Å². The summed E-state index contributed by atoms with van der Waals surface area (Å²) in [4.78, 5) is 37.5. The number of aryl methyl sites for hydroxylation is 2. The van der Waals surface area contributed by atoms with Crippen LogP contribution >= 0.6 is 0 Å². The third-order valence-corrected chi connectivity index (χ3v) is 5.73. The molecule has 0 aliphatic rings. The Bertz CT molecular complexity index is 1150. The average molecular weight is 475 g/mol. The molecule has 35 heavy (non-hydrogen) atoms. The lowest BCUT2D eigenvalue weighted by Crippen LogP contribution is -2.53. The molecule has 0 aliphatic heterocycles. The summed E-state index contributed by atoms with van der Waals surface area (Å²) in [5, 5.41) is 14.9. The summed E-state index contributed by atoms with van der Waals surface area (Å²) in [5.74, 6) is -1.75. The van der Waals surface area contributed by atoms with Crippen LogP contribution < -0.4 is 10.6 Å². The van der Waals surface area contributed by atoms with Crippen LogP contribution in [0.15, 0.2) is 78.9 Å². The van der Waals surface area contributed by atoms with Crippen LogP contribution in [0.2, 0.25) is 0 Å². The number of hydrogen-bond acceptors (Lipinski definition) is 4. The summed E-state index contributed by atoms with van der Waals surface area (Å²) < 4.78 is 5.27. The minimum absolute atomic E-state index is 0.0525. The van der Waals surface area contributed by atoms with Gasteiger partial charge in [-0.25, -0.2) is 9.59 Å². The molecule has 3 rings (SSSR count). The number of amides is 2. The van der Waals surface area contributed by atoms with Crippen molar-refractivity contribution >= 4 is 18.0 Å². The molecule has 0 saturated carbocycles. The lowest BCUT2D eigenvalue weighted by Gasteiger charge is -2.22. The number of carboxylic acids is 1. The Labute approximate surface area is 205 Å². The van der Waals surface area contributed by atoms with Crippen LogP contribution in [0.25, 0.3) is 0 Å². The number of benzene rings is 3. The van der Waals surface area contributed by atoms with Crippen molar-refractivity contribution < 1.29 is 24.2 Å². The summed E-state index contributed by atoms with van der Waals surface area (Å²) in [6.45, 7) is 3.98. The van der Waals surface area contributed by atoms with E-state index in [0.29, 0.717) is 0 Å². The maximum Gasteiger partial charge on any atom is 0.408 e. The molecule has 0 unspecified atom stereocenters. The first-order chi connectivity index (χ1) is 16.8. The Balaban J connectivity index is 1.70. The smallest absolute Gasteiger partial charge is 0.408 e. The largest absolute Gasteiger partial charge is 0.480 e. The van der Waals surface area contributed by atoms with E-state index in [9.17, 15) is 19.5 Å². The summed E-state index contributed by atoms with van der Waals surface area (Å²) in [6.07, 6.45) is -0.451. The fourth-order valence-electron chi connectivity index (χ4n) is 3.60. The molecule has 0 aliphatic carbocycles.